The van der Waals surface area contributed by atoms with E-state index in [1.807, 2.05) is 74.5 Å². The number of carbonyl (C=O) groups is 1. The first-order valence-corrected chi connectivity index (χ1v) is 9.63. The van der Waals surface area contributed by atoms with Crippen molar-refractivity contribution in [2.24, 2.45) is 0 Å². The zero-order valence-electron chi connectivity index (χ0n) is 17.1. The van der Waals surface area contributed by atoms with Crippen LogP contribution in [0.4, 0.5) is 5.69 Å². The van der Waals surface area contributed by atoms with Crippen molar-refractivity contribution >= 4 is 11.6 Å². The van der Waals surface area contributed by atoms with Crippen molar-refractivity contribution < 1.29 is 13.9 Å². The van der Waals surface area contributed by atoms with Crippen LogP contribution in [-0.4, -0.2) is 18.0 Å². The number of nitrogens with one attached hydrogen (secondary N) is 1. The molecule has 0 spiro atoms. The Kier molecular flexibility index (Phi) is 5.35. The van der Waals surface area contributed by atoms with Gasteiger partial charge in [-0.2, -0.15) is 0 Å². The molecule has 1 aromatic heterocycles. The van der Waals surface area contributed by atoms with E-state index in [1.165, 1.54) is 0 Å². The van der Waals surface area contributed by atoms with Crippen LogP contribution in [0, 0.1) is 13.8 Å². The van der Waals surface area contributed by atoms with Gasteiger partial charge in [-0.3, -0.25) is 4.79 Å². The number of hydrogen-bond acceptors (Lipinski definition) is 4. The van der Waals surface area contributed by atoms with Crippen molar-refractivity contribution in [3.8, 4) is 28.5 Å². The molecule has 30 heavy (non-hydrogen) atoms. The van der Waals surface area contributed by atoms with Crippen molar-refractivity contribution in [2.75, 3.05) is 12.4 Å². The van der Waals surface area contributed by atoms with Crippen molar-refractivity contribution in [2.45, 2.75) is 13.8 Å². The van der Waals surface area contributed by atoms with Crippen LogP contribution in [0.3, 0.4) is 0 Å². The summed E-state index contributed by atoms with van der Waals surface area (Å²) in [6.45, 7) is 3.96. The second kappa shape index (κ2) is 8.25. The number of benzene rings is 3. The fraction of sp³-hybridized carbons (Fsp3) is 0.120. The Morgan fingerprint density at radius 2 is 1.77 bits per heavy atom. The molecule has 0 aliphatic heterocycles. The molecule has 3 aromatic carbocycles. The minimum atomic E-state index is -0.205. The van der Waals surface area contributed by atoms with E-state index in [0.29, 0.717) is 22.8 Å². The first-order valence-electron chi connectivity index (χ1n) is 9.63. The summed E-state index contributed by atoms with van der Waals surface area (Å²) in [5.74, 6) is 1.58. The number of aryl methyl sites for hydroxylation is 2. The molecule has 0 unspecified atom stereocenters. The lowest BCUT2D eigenvalue weighted by Crippen LogP contribution is -2.14. The molecule has 0 radical (unpaired) electrons. The Balaban J connectivity index is 1.64. The Labute approximate surface area is 175 Å². The van der Waals surface area contributed by atoms with Crippen molar-refractivity contribution in [3.63, 3.8) is 0 Å². The van der Waals surface area contributed by atoms with Gasteiger partial charge in [0.1, 0.15) is 5.75 Å². The molecule has 0 saturated carbocycles. The van der Waals surface area contributed by atoms with Gasteiger partial charge in [-0.15, -0.1) is 0 Å². The second-order valence-electron chi connectivity index (χ2n) is 7.08. The third-order valence-electron chi connectivity index (χ3n) is 4.92. The number of amides is 1. The van der Waals surface area contributed by atoms with Gasteiger partial charge < -0.3 is 14.5 Å². The zero-order valence-corrected chi connectivity index (χ0v) is 17.1. The summed E-state index contributed by atoms with van der Waals surface area (Å²) < 4.78 is 11.2. The Morgan fingerprint density at radius 1 is 1.00 bits per heavy atom. The summed E-state index contributed by atoms with van der Waals surface area (Å²) >= 11 is 0. The molecule has 0 fully saturated rings. The number of carbonyl (C=O) groups excluding carboxylic acids is 1. The van der Waals surface area contributed by atoms with Crippen molar-refractivity contribution in [1.82, 2.24) is 4.98 Å². The molecule has 5 nitrogen and oxygen atoms in total. The van der Waals surface area contributed by atoms with Crippen LogP contribution < -0.4 is 10.1 Å². The fourth-order valence-electron chi connectivity index (χ4n) is 3.22. The maximum Gasteiger partial charge on any atom is 0.256 e. The van der Waals surface area contributed by atoms with Gasteiger partial charge >= 0.3 is 0 Å². The summed E-state index contributed by atoms with van der Waals surface area (Å²) in [4.78, 5) is 17.4. The van der Waals surface area contributed by atoms with E-state index in [9.17, 15) is 4.79 Å². The standard InChI is InChI=1S/C25H22N2O3/c1-16-8-9-17(2)22(14-16)27-24(28)20-6-4-5-7-21(20)25-26-15-23(30-25)18-10-12-19(29-3)13-11-18/h4-15H,1-3H3,(H,27,28). The van der Waals surface area contributed by atoms with Crippen LogP contribution in [0.2, 0.25) is 0 Å². The molecular formula is C25H22N2O3. The maximum atomic E-state index is 13.0. The van der Waals surface area contributed by atoms with Gasteiger partial charge in [-0.25, -0.2) is 4.98 Å². The van der Waals surface area contributed by atoms with Crippen LogP contribution in [0.15, 0.2) is 77.3 Å². The Bertz CT molecular complexity index is 1190. The number of oxazole rings is 1. The summed E-state index contributed by atoms with van der Waals surface area (Å²) in [5, 5.41) is 3.01. The van der Waals surface area contributed by atoms with Gasteiger partial charge in [0.05, 0.1) is 18.9 Å². The number of aromatic nitrogens is 1. The third-order valence-corrected chi connectivity index (χ3v) is 4.92. The van der Waals surface area contributed by atoms with Crippen LogP contribution in [0.5, 0.6) is 5.75 Å². The van der Waals surface area contributed by atoms with E-state index in [1.54, 1.807) is 19.4 Å². The molecule has 4 rings (SSSR count). The van der Waals surface area contributed by atoms with Gasteiger partial charge in [0.15, 0.2) is 5.76 Å². The predicted octanol–water partition coefficient (Wildman–Crippen LogP) is 5.89. The average molecular weight is 398 g/mol. The molecular weight excluding hydrogens is 376 g/mol. The summed E-state index contributed by atoms with van der Waals surface area (Å²) in [7, 11) is 1.63. The highest BCUT2D eigenvalue weighted by Gasteiger charge is 2.17. The molecule has 1 amide bonds. The lowest BCUT2D eigenvalue weighted by atomic mass is 10.1. The van der Waals surface area contributed by atoms with Gasteiger partial charge in [-0.05, 0) is 67.4 Å². The van der Waals surface area contributed by atoms with E-state index in [0.717, 1.165) is 28.1 Å². The maximum absolute atomic E-state index is 13.0. The molecule has 0 atom stereocenters. The number of anilines is 1. The fourth-order valence-corrected chi connectivity index (χ4v) is 3.22. The first kappa shape index (κ1) is 19.5. The van der Waals surface area contributed by atoms with Crippen LogP contribution >= 0.6 is 0 Å². The van der Waals surface area contributed by atoms with E-state index < -0.39 is 0 Å². The van der Waals surface area contributed by atoms with Gasteiger partial charge in [0, 0.05) is 16.8 Å². The third kappa shape index (κ3) is 3.96. The monoisotopic (exact) mass is 398 g/mol. The number of rotatable bonds is 5. The smallest absolute Gasteiger partial charge is 0.256 e. The number of methoxy groups -OCH3 is 1. The highest BCUT2D eigenvalue weighted by atomic mass is 16.5. The van der Waals surface area contributed by atoms with E-state index in [2.05, 4.69) is 10.3 Å². The molecule has 0 saturated heterocycles. The van der Waals surface area contributed by atoms with Crippen molar-refractivity contribution in [3.05, 3.63) is 89.6 Å². The number of hydrogen-bond donors (Lipinski definition) is 1. The second-order valence-corrected chi connectivity index (χ2v) is 7.08. The molecule has 1 heterocycles. The average Bonchev–Trinajstić information content (AvgIpc) is 3.26. The molecule has 0 aliphatic rings. The lowest BCUT2D eigenvalue weighted by molar-refractivity contribution is 0.102. The number of ether oxygens (including phenoxy) is 1. The van der Waals surface area contributed by atoms with Crippen LogP contribution in [0.1, 0.15) is 21.5 Å². The zero-order chi connectivity index (χ0) is 21.1. The molecule has 0 bridgehead atoms. The quantitative estimate of drug-likeness (QED) is 0.455. The van der Waals surface area contributed by atoms with Crippen LogP contribution in [-0.2, 0) is 0 Å². The number of nitrogens with zero attached hydrogens (tertiary/aromatic N) is 1. The molecule has 150 valence electrons. The summed E-state index contributed by atoms with van der Waals surface area (Å²) in [5.41, 5.74) is 4.90. The highest BCUT2D eigenvalue weighted by molar-refractivity contribution is 6.08. The topological polar surface area (TPSA) is 64.4 Å². The lowest BCUT2D eigenvalue weighted by Gasteiger charge is -2.11. The summed E-state index contributed by atoms with van der Waals surface area (Å²) in [6, 6.07) is 20.8. The SMILES string of the molecule is COc1ccc(-c2cnc(-c3ccccc3C(=O)Nc3cc(C)ccc3C)o2)cc1. The highest BCUT2D eigenvalue weighted by Crippen LogP contribution is 2.30. The van der Waals surface area contributed by atoms with E-state index in [-0.39, 0.29) is 5.91 Å². The van der Waals surface area contributed by atoms with Gasteiger partial charge in [0.25, 0.3) is 5.91 Å². The van der Waals surface area contributed by atoms with Crippen LogP contribution in [0.25, 0.3) is 22.8 Å². The normalized spacial score (nSPS) is 10.6. The minimum Gasteiger partial charge on any atom is -0.497 e. The minimum absolute atomic E-state index is 0.205. The van der Waals surface area contributed by atoms with E-state index in [4.69, 9.17) is 9.15 Å². The Hall–Kier alpha value is -3.86. The molecule has 5 heteroatoms. The van der Waals surface area contributed by atoms with Gasteiger partial charge in [-0.1, -0.05) is 24.3 Å². The largest absolute Gasteiger partial charge is 0.497 e. The van der Waals surface area contributed by atoms with E-state index >= 15 is 0 Å². The van der Waals surface area contributed by atoms with Crippen molar-refractivity contribution in [1.29, 1.82) is 0 Å². The van der Waals surface area contributed by atoms with Gasteiger partial charge in [0.2, 0.25) is 5.89 Å². The first-order chi connectivity index (χ1) is 14.5. The Morgan fingerprint density at radius 3 is 2.53 bits per heavy atom. The predicted molar refractivity (Wildman–Crippen MR) is 118 cm³/mol. The molecule has 4 aromatic rings. The summed E-state index contributed by atoms with van der Waals surface area (Å²) in [6.07, 6.45) is 1.66. The molecule has 0 aliphatic carbocycles. The molecule has 1 N–H and O–H groups in total.